The fraction of sp³-hybridized carbons (Fsp3) is 0.211. The van der Waals surface area contributed by atoms with Crippen LogP contribution in [0.3, 0.4) is 0 Å². The van der Waals surface area contributed by atoms with Crippen LogP contribution in [0.1, 0.15) is 22.3 Å². The molecular formula is C19H20N2O2S. The van der Waals surface area contributed by atoms with Crippen LogP contribution in [-0.2, 0) is 15.6 Å². The molecule has 0 radical (unpaired) electrons. The average Bonchev–Trinajstić information content (AvgIpc) is 3.01. The van der Waals surface area contributed by atoms with Gasteiger partial charge in [0, 0.05) is 18.1 Å². The number of nitrogens with zero attached hydrogens (tertiary/aromatic N) is 2. The van der Waals surface area contributed by atoms with Gasteiger partial charge in [0.25, 0.3) is 0 Å². The van der Waals surface area contributed by atoms with Crippen molar-refractivity contribution in [1.82, 2.24) is 9.55 Å². The van der Waals surface area contributed by atoms with Crippen LogP contribution in [0.4, 0.5) is 0 Å². The highest BCUT2D eigenvalue weighted by Crippen LogP contribution is 2.21. The molecule has 0 spiro atoms. The van der Waals surface area contributed by atoms with Crippen LogP contribution in [0.2, 0.25) is 0 Å². The largest absolute Gasteiger partial charge is 0.291 e. The summed E-state index contributed by atoms with van der Waals surface area (Å²) in [5.74, 6) is -0.0522. The molecule has 0 bridgehead atoms. The molecule has 4 nitrogen and oxygen atoms in total. The van der Waals surface area contributed by atoms with E-state index in [-0.39, 0.29) is 10.9 Å². The molecule has 124 valence electrons. The van der Waals surface area contributed by atoms with Gasteiger partial charge < -0.3 is 0 Å². The minimum Gasteiger partial charge on any atom is -0.291 e. The van der Waals surface area contributed by atoms with Gasteiger partial charge in [-0.1, -0.05) is 35.9 Å². The van der Waals surface area contributed by atoms with Crippen molar-refractivity contribution >= 4 is 9.84 Å². The second-order valence-electron chi connectivity index (χ2n) is 6.11. The molecule has 3 aromatic rings. The number of hydrogen-bond donors (Lipinski definition) is 0. The first-order valence-corrected chi connectivity index (χ1v) is 9.41. The van der Waals surface area contributed by atoms with Gasteiger partial charge in [0.1, 0.15) is 0 Å². The summed E-state index contributed by atoms with van der Waals surface area (Å²) in [6.45, 7) is 5.87. The summed E-state index contributed by atoms with van der Waals surface area (Å²) in [7, 11) is -3.55. The zero-order valence-electron chi connectivity index (χ0n) is 14.0. The third kappa shape index (κ3) is 3.26. The minimum atomic E-state index is -3.55. The molecular weight excluding hydrogens is 320 g/mol. The van der Waals surface area contributed by atoms with Crippen molar-refractivity contribution in [1.29, 1.82) is 0 Å². The van der Waals surface area contributed by atoms with Crippen molar-refractivity contribution in [3.05, 3.63) is 77.1 Å². The zero-order chi connectivity index (χ0) is 17.3. The SMILES string of the molecule is Cc1cccc(-n2ccnc2S(=O)(=O)Cc2cc(C)ccc2C)c1. The fourth-order valence-corrected chi connectivity index (χ4v) is 4.26. The maximum atomic E-state index is 12.9. The summed E-state index contributed by atoms with van der Waals surface area (Å²) >= 11 is 0. The maximum absolute atomic E-state index is 12.9. The summed E-state index contributed by atoms with van der Waals surface area (Å²) in [6.07, 6.45) is 3.21. The van der Waals surface area contributed by atoms with E-state index in [4.69, 9.17) is 0 Å². The normalized spacial score (nSPS) is 11.6. The summed E-state index contributed by atoms with van der Waals surface area (Å²) in [6, 6.07) is 13.6. The first kappa shape index (κ1) is 16.5. The third-order valence-electron chi connectivity index (χ3n) is 4.01. The maximum Gasteiger partial charge on any atom is 0.232 e. The molecule has 2 aromatic carbocycles. The van der Waals surface area contributed by atoms with E-state index in [2.05, 4.69) is 4.98 Å². The Kier molecular flexibility index (Phi) is 4.28. The van der Waals surface area contributed by atoms with Crippen molar-refractivity contribution in [3.8, 4) is 5.69 Å². The number of imidazole rings is 1. The molecule has 0 unspecified atom stereocenters. The van der Waals surface area contributed by atoms with Gasteiger partial charge in [0.05, 0.1) is 5.75 Å². The molecule has 0 aliphatic heterocycles. The molecule has 3 rings (SSSR count). The van der Waals surface area contributed by atoms with Gasteiger partial charge in [-0.3, -0.25) is 4.57 Å². The van der Waals surface area contributed by atoms with Gasteiger partial charge in [0.15, 0.2) is 0 Å². The average molecular weight is 340 g/mol. The highest BCUT2D eigenvalue weighted by atomic mass is 32.2. The first-order chi connectivity index (χ1) is 11.4. The Morgan fingerprint density at radius 2 is 1.75 bits per heavy atom. The molecule has 0 atom stereocenters. The number of aryl methyl sites for hydroxylation is 3. The van der Waals surface area contributed by atoms with E-state index in [1.807, 2.05) is 63.2 Å². The third-order valence-corrected chi connectivity index (χ3v) is 5.56. The molecule has 0 aliphatic carbocycles. The Labute approximate surface area is 142 Å². The minimum absolute atomic E-state index is 0.0522. The second kappa shape index (κ2) is 6.24. The van der Waals surface area contributed by atoms with Crippen molar-refractivity contribution < 1.29 is 8.42 Å². The van der Waals surface area contributed by atoms with Crippen LogP contribution < -0.4 is 0 Å². The highest BCUT2D eigenvalue weighted by molar-refractivity contribution is 7.90. The smallest absolute Gasteiger partial charge is 0.232 e. The van der Waals surface area contributed by atoms with E-state index in [1.54, 1.807) is 10.8 Å². The van der Waals surface area contributed by atoms with Crippen molar-refractivity contribution in [3.63, 3.8) is 0 Å². The lowest BCUT2D eigenvalue weighted by Gasteiger charge is -2.11. The Hall–Kier alpha value is -2.40. The Bertz CT molecular complexity index is 988. The van der Waals surface area contributed by atoms with E-state index in [0.717, 1.165) is 27.9 Å². The zero-order valence-corrected chi connectivity index (χ0v) is 14.8. The lowest BCUT2D eigenvalue weighted by molar-refractivity contribution is 0.583. The highest BCUT2D eigenvalue weighted by Gasteiger charge is 2.23. The molecule has 0 aliphatic rings. The number of rotatable bonds is 4. The summed E-state index contributed by atoms with van der Waals surface area (Å²) < 4.78 is 27.5. The van der Waals surface area contributed by atoms with Gasteiger partial charge in [-0.15, -0.1) is 0 Å². The van der Waals surface area contributed by atoms with Crippen molar-refractivity contribution in [2.24, 2.45) is 0 Å². The predicted molar refractivity (Wildman–Crippen MR) is 95.1 cm³/mol. The first-order valence-electron chi connectivity index (χ1n) is 7.76. The van der Waals surface area contributed by atoms with E-state index < -0.39 is 9.84 Å². The molecule has 5 heteroatoms. The molecule has 1 heterocycles. The van der Waals surface area contributed by atoms with E-state index in [9.17, 15) is 8.42 Å². The second-order valence-corrected chi connectivity index (χ2v) is 7.99. The van der Waals surface area contributed by atoms with Crippen LogP contribution >= 0.6 is 0 Å². The summed E-state index contributed by atoms with van der Waals surface area (Å²) in [4.78, 5) is 4.12. The predicted octanol–water partition coefficient (Wildman–Crippen LogP) is 3.77. The fourth-order valence-electron chi connectivity index (χ4n) is 2.72. The van der Waals surface area contributed by atoms with Crippen LogP contribution in [0.5, 0.6) is 0 Å². The van der Waals surface area contributed by atoms with Gasteiger partial charge in [-0.05, 0) is 49.6 Å². The van der Waals surface area contributed by atoms with Crippen molar-refractivity contribution in [2.45, 2.75) is 31.7 Å². The van der Waals surface area contributed by atoms with Crippen LogP contribution in [0.15, 0.2) is 60.0 Å². The van der Waals surface area contributed by atoms with Gasteiger partial charge in [0.2, 0.25) is 15.0 Å². The van der Waals surface area contributed by atoms with Gasteiger partial charge >= 0.3 is 0 Å². The Balaban J connectivity index is 2.03. The van der Waals surface area contributed by atoms with Crippen molar-refractivity contribution in [2.75, 3.05) is 0 Å². The molecule has 0 amide bonds. The van der Waals surface area contributed by atoms with Crippen LogP contribution in [-0.4, -0.2) is 18.0 Å². The van der Waals surface area contributed by atoms with Crippen LogP contribution in [0.25, 0.3) is 5.69 Å². The standard InChI is InChI=1S/C19H20N2O2S/c1-14-5-4-6-18(12-14)21-10-9-20-19(21)24(22,23)13-17-11-15(2)7-8-16(17)3/h4-12H,13H2,1-3H3. The number of sulfone groups is 1. The molecule has 1 aromatic heterocycles. The summed E-state index contributed by atoms with van der Waals surface area (Å²) in [5.41, 5.74) is 4.70. The molecule has 24 heavy (non-hydrogen) atoms. The molecule has 0 N–H and O–H groups in total. The summed E-state index contributed by atoms with van der Waals surface area (Å²) in [5, 5.41) is 0.0778. The van der Waals surface area contributed by atoms with E-state index in [0.29, 0.717) is 0 Å². The monoisotopic (exact) mass is 340 g/mol. The Morgan fingerprint density at radius 1 is 1.00 bits per heavy atom. The number of aromatic nitrogens is 2. The Morgan fingerprint density at radius 3 is 2.50 bits per heavy atom. The number of hydrogen-bond acceptors (Lipinski definition) is 3. The van der Waals surface area contributed by atoms with Gasteiger partial charge in [-0.2, -0.15) is 0 Å². The van der Waals surface area contributed by atoms with E-state index >= 15 is 0 Å². The van der Waals surface area contributed by atoms with E-state index in [1.165, 1.54) is 6.20 Å². The molecule has 0 saturated heterocycles. The van der Waals surface area contributed by atoms with Gasteiger partial charge in [-0.25, -0.2) is 13.4 Å². The lowest BCUT2D eigenvalue weighted by atomic mass is 10.1. The lowest BCUT2D eigenvalue weighted by Crippen LogP contribution is -2.12. The van der Waals surface area contributed by atoms with Crippen LogP contribution in [0, 0.1) is 20.8 Å². The number of benzene rings is 2. The quantitative estimate of drug-likeness (QED) is 0.726. The molecule has 0 saturated carbocycles. The molecule has 0 fully saturated rings. The topological polar surface area (TPSA) is 52.0 Å².